The van der Waals surface area contributed by atoms with E-state index in [0.717, 1.165) is 0 Å². The third-order valence-electron chi connectivity index (χ3n) is 4.75. The molecule has 2 N–H and O–H groups in total. The predicted molar refractivity (Wildman–Crippen MR) is 107 cm³/mol. The molecular weight excluding hydrogens is 395 g/mol. The summed E-state index contributed by atoms with van der Waals surface area (Å²) in [6.45, 7) is 0. The second-order valence-electron chi connectivity index (χ2n) is 6.99. The van der Waals surface area contributed by atoms with Crippen LogP contribution in [0.2, 0.25) is 0 Å². The van der Waals surface area contributed by atoms with Crippen LogP contribution in [-0.4, -0.2) is 23.2 Å². The van der Waals surface area contributed by atoms with Crippen LogP contribution < -0.4 is 5.32 Å². The Kier molecular flexibility index (Phi) is 6.40. The molecule has 0 saturated carbocycles. The number of fused-ring (bicyclic) bond motifs is 1. The van der Waals surface area contributed by atoms with E-state index in [1.54, 1.807) is 66.7 Å². The van der Waals surface area contributed by atoms with E-state index in [1.165, 1.54) is 0 Å². The zero-order valence-electron chi connectivity index (χ0n) is 15.9. The Bertz CT molecular complexity index is 1050. The zero-order valence-corrected chi connectivity index (χ0v) is 15.9. The molecule has 3 rings (SSSR count). The fourth-order valence-corrected chi connectivity index (χ4v) is 3.36. The van der Waals surface area contributed by atoms with E-state index in [4.69, 9.17) is 0 Å². The number of rotatable bonds is 7. The zero-order chi connectivity index (χ0) is 21.7. The van der Waals surface area contributed by atoms with Crippen molar-refractivity contribution in [3.8, 4) is 0 Å². The molecule has 0 spiro atoms. The molecular formula is C23H20F3NO3. The highest BCUT2D eigenvalue weighted by atomic mass is 19.4. The molecule has 3 aromatic rings. The minimum Gasteiger partial charge on any atom is -0.479 e. The van der Waals surface area contributed by atoms with Gasteiger partial charge in [0, 0.05) is 12.0 Å². The van der Waals surface area contributed by atoms with Crippen molar-refractivity contribution >= 4 is 22.6 Å². The SMILES string of the molecule is O=C(NC(C(=O)O)c1cc(CCCC(F)(F)F)cc2ccccc12)c1ccccc1. The molecule has 1 atom stereocenters. The lowest BCUT2D eigenvalue weighted by atomic mass is 9.93. The van der Waals surface area contributed by atoms with Gasteiger partial charge in [0.25, 0.3) is 5.91 Å². The Morgan fingerprint density at radius 1 is 0.967 bits per heavy atom. The van der Waals surface area contributed by atoms with Gasteiger partial charge in [-0.15, -0.1) is 0 Å². The molecule has 7 heteroatoms. The molecule has 0 saturated heterocycles. The maximum atomic E-state index is 12.5. The van der Waals surface area contributed by atoms with E-state index < -0.39 is 30.5 Å². The first-order chi connectivity index (χ1) is 14.2. The largest absolute Gasteiger partial charge is 0.479 e. The summed E-state index contributed by atoms with van der Waals surface area (Å²) in [6, 6.07) is 17.2. The lowest BCUT2D eigenvalue weighted by Crippen LogP contribution is -2.34. The Labute approximate surface area is 171 Å². The molecule has 0 aromatic heterocycles. The van der Waals surface area contributed by atoms with Gasteiger partial charge in [-0.1, -0.05) is 54.6 Å². The first-order valence-electron chi connectivity index (χ1n) is 9.41. The van der Waals surface area contributed by atoms with Crippen LogP contribution in [0.4, 0.5) is 13.2 Å². The Morgan fingerprint density at radius 2 is 1.63 bits per heavy atom. The summed E-state index contributed by atoms with van der Waals surface area (Å²) in [5, 5.41) is 13.7. The number of hydrogen-bond acceptors (Lipinski definition) is 2. The van der Waals surface area contributed by atoms with Crippen molar-refractivity contribution in [2.75, 3.05) is 0 Å². The van der Waals surface area contributed by atoms with Gasteiger partial charge in [0.15, 0.2) is 6.04 Å². The van der Waals surface area contributed by atoms with E-state index in [-0.39, 0.29) is 12.8 Å². The van der Waals surface area contributed by atoms with Crippen LogP contribution in [0.5, 0.6) is 0 Å². The Hall–Kier alpha value is -3.35. The van der Waals surface area contributed by atoms with Crippen LogP contribution in [0.25, 0.3) is 10.8 Å². The second kappa shape index (κ2) is 8.98. The molecule has 0 aliphatic heterocycles. The first kappa shape index (κ1) is 21.4. The number of aliphatic carboxylic acids is 1. The van der Waals surface area contributed by atoms with Crippen molar-refractivity contribution in [3.05, 3.63) is 83.4 Å². The van der Waals surface area contributed by atoms with Crippen molar-refractivity contribution in [1.82, 2.24) is 5.32 Å². The van der Waals surface area contributed by atoms with Gasteiger partial charge in [-0.3, -0.25) is 4.79 Å². The normalized spacial score (nSPS) is 12.5. The fraction of sp³-hybridized carbons (Fsp3) is 0.217. The monoisotopic (exact) mass is 415 g/mol. The number of carboxylic acid groups (broad SMARTS) is 1. The number of aryl methyl sites for hydroxylation is 1. The highest BCUT2D eigenvalue weighted by Gasteiger charge is 2.27. The minimum atomic E-state index is -4.24. The van der Waals surface area contributed by atoms with Crippen LogP contribution in [-0.2, 0) is 11.2 Å². The van der Waals surface area contributed by atoms with Crippen LogP contribution >= 0.6 is 0 Å². The summed E-state index contributed by atoms with van der Waals surface area (Å²) in [5.74, 6) is -1.80. The van der Waals surface area contributed by atoms with Crippen LogP contribution in [0.15, 0.2) is 66.7 Å². The number of carbonyl (C=O) groups is 2. The summed E-state index contributed by atoms with van der Waals surface area (Å²) in [6.07, 6.45) is -5.11. The van der Waals surface area contributed by atoms with E-state index >= 15 is 0 Å². The van der Waals surface area contributed by atoms with Gasteiger partial charge in [-0.25, -0.2) is 4.79 Å². The molecule has 4 nitrogen and oxygen atoms in total. The lowest BCUT2D eigenvalue weighted by Gasteiger charge is -2.19. The summed E-state index contributed by atoms with van der Waals surface area (Å²) in [5.41, 5.74) is 1.24. The molecule has 0 radical (unpaired) electrons. The molecule has 0 aliphatic rings. The molecule has 0 aliphatic carbocycles. The Morgan fingerprint density at radius 3 is 2.30 bits per heavy atom. The third kappa shape index (κ3) is 5.37. The Balaban J connectivity index is 1.95. The summed E-state index contributed by atoms with van der Waals surface area (Å²) < 4.78 is 37.5. The number of halogens is 3. The van der Waals surface area contributed by atoms with Gasteiger partial charge in [-0.05, 0) is 46.9 Å². The van der Waals surface area contributed by atoms with Crippen molar-refractivity contribution < 1.29 is 27.9 Å². The molecule has 30 heavy (non-hydrogen) atoms. The maximum absolute atomic E-state index is 12.5. The van der Waals surface area contributed by atoms with Crippen LogP contribution in [0, 0.1) is 0 Å². The average molecular weight is 415 g/mol. The molecule has 1 unspecified atom stereocenters. The summed E-state index contributed by atoms with van der Waals surface area (Å²) >= 11 is 0. The van der Waals surface area contributed by atoms with E-state index in [2.05, 4.69) is 5.32 Å². The van der Waals surface area contributed by atoms with Crippen LogP contribution in [0.1, 0.15) is 40.4 Å². The van der Waals surface area contributed by atoms with E-state index in [1.807, 2.05) is 0 Å². The summed E-state index contributed by atoms with van der Waals surface area (Å²) in [4.78, 5) is 24.5. The van der Waals surface area contributed by atoms with E-state index in [0.29, 0.717) is 27.5 Å². The van der Waals surface area contributed by atoms with E-state index in [9.17, 15) is 27.9 Å². The molecule has 0 heterocycles. The molecule has 0 bridgehead atoms. The smallest absolute Gasteiger partial charge is 0.389 e. The number of carboxylic acids is 1. The van der Waals surface area contributed by atoms with Crippen molar-refractivity contribution in [1.29, 1.82) is 0 Å². The number of nitrogens with one attached hydrogen (secondary N) is 1. The van der Waals surface area contributed by atoms with Crippen molar-refractivity contribution in [2.24, 2.45) is 0 Å². The lowest BCUT2D eigenvalue weighted by molar-refractivity contribution is -0.139. The standard InChI is InChI=1S/C23H20F3NO3/c24-23(25,26)12-6-7-15-13-17-10-4-5-11-18(17)19(14-15)20(22(29)30)27-21(28)16-8-2-1-3-9-16/h1-5,8-11,13-14,20H,6-7,12H2,(H,27,28)(H,29,30). The third-order valence-corrected chi connectivity index (χ3v) is 4.75. The average Bonchev–Trinajstić information content (AvgIpc) is 2.71. The number of hydrogen-bond donors (Lipinski definition) is 2. The number of alkyl halides is 3. The molecule has 3 aromatic carbocycles. The maximum Gasteiger partial charge on any atom is 0.389 e. The first-order valence-corrected chi connectivity index (χ1v) is 9.41. The predicted octanol–water partition coefficient (Wildman–Crippen LogP) is 5.28. The minimum absolute atomic E-state index is 0.102. The van der Waals surface area contributed by atoms with Gasteiger partial charge < -0.3 is 10.4 Å². The van der Waals surface area contributed by atoms with Gasteiger partial charge in [0.1, 0.15) is 0 Å². The van der Waals surface area contributed by atoms with Crippen molar-refractivity contribution in [3.63, 3.8) is 0 Å². The molecule has 0 fully saturated rings. The number of carbonyl (C=O) groups excluding carboxylic acids is 1. The van der Waals surface area contributed by atoms with Gasteiger partial charge in [0.2, 0.25) is 0 Å². The quantitative estimate of drug-likeness (QED) is 0.552. The molecule has 1 amide bonds. The van der Waals surface area contributed by atoms with Gasteiger partial charge in [-0.2, -0.15) is 13.2 Å². The molecule has 156 valence electrons. The van der Waals surface area contributed by atoms with Crippen molar-refractivity contribution in [2.45, 2.75) is 31.5 Å². The highest BCUT2D eigenvalue weighted by molar-refractivity contribution is 5.98. The summed E-state index contributed by atoms with van der Waals surface area (Å²) in [7, 11) is 0. The second-order valence-corrected chi connectivity index (χ2v) is 6.99. The van der Waals surface area contributed by atoms with Crippen LogP contribution in [0.3, 0.4) is 0 Å². The van der Waals surface area contributed by atoms with Gasteiger partial charge >= 0.3 is 12.1 Å². The van der Waals surface area contributed by atoms with Gasteiger partial charge in [0.05, 0.1) is 0 Å². The fourth-order valence-electron chi connectivity index (χ4n) is 3.36. The highest BCUT2D eigenvalue weighted by Crippen LogP contribution is 2.29. The number of amides is 1. The topological polar surface area (TPSA) is 66.4 Å². The number of benzene rings is 3.